The predicted octanol–water partition coefficient (Wildman–Crippen LogP) is 2.63. The van der Waals surface area contributed by atoms with Crippen molar-refractivity contribution in [1.82, 2.24) is 10.3 Å². The van der Waals surface area contributed by atoms with Gasteiger partial charge in [0.2, 0.25) is 5.91 Å². The van der Waals surface area contributed by atoms with E-state index in [2.05, 4.69) is 45.1 Å². The number of ether oxygens (including phenoxy) is 1. The molecule has 1 saturated carbocycles. The molecular formula is C16H20BrN3O2. The van der Waals surface area contributed by atoms with E-state index in [1.54, 1.807) is 6.08 Å². The number of carbonyl (C=O) groups is 1. The Kier molecular flexibility index (Phi) is 4.34. The molecule has 1 saturated heterocycles. The first-order valence-electron chi connectivity index (χ1n) is 7.43. The van der Waals surface area contributed by atoms with Gasteiger partial charge < -0.3 is 15.4 Å². The highest BCUT2D eigenvalue weighted by Crippen LogP contribution is 2.53. The quantitative estimate of drug-likeness (QED) is 0.462. The van der Waals surface area contributed by atoms with Crippen molar-refractivity contribution in [2.75, 3.05) is 11.9 Å². The third-order valence-electron chi connectivity index (χ3n) is 4.42. The average molecular weight is 366 g/mol. The summed E-state index contributed by atoms with van der Waals surface area (Å²) in [4.78, 5) is 16.8. The Morgan fingerprint density at radius 1 is 1.64 bits per heavy atom. The molecule has 0 radical (unpaired) electrons. The summed E-state index contributed by atoms with van der Waals surface area (Å²) in [5.74, 6) is 0.528. The lowest BCUT2D eigenvalue weighted by Gasteiger charge is -2.16. The summed E-state index contributed by atoms with van der Waals surface area (Å²) in [6, 6.07) is 4.10. The van der Waals surface area contributed by atoms with Crippen molar-refractivity contribution in [1.29, 1.82) is 0 Å². The first-order chi connectivity index (χ1) is 10.5. The molecule has 2 fully saturated rings. The van der Waals surface area contributed by atoms with Crippen LogP contribution in [0.25, 0.3) is 0 Å². The molecule has 2 aliphatic rings. The maximum atomic E-state index is 12.4. The number of carbonyl (C=O) groups excluding carboxylic acids is 1. The van der Waals surface area contributed by atoms with E-state index < -0.39 is 0 Å². The largest absolute Gasteiger partial charge is 0.373 e. The Hall–Kier alpha value is -1.24. The Bertz CT molecular complexity index is 607. The van der Waals surface area contributed by atoms with Crippen LogP contribution in [0.1, 0.15) is 25.3 Å². The number of nitrogens with zero attached hydrogens (tertiary/aromatic N) is 1. The minimum atomic E-state index is -0.133. The van der Waals surface area contributed by atoms with Crippen LogP contribution in [0.4, 0.5) is 5.82 Å². The molecule has 0 bridgehead atoms. The van der Waals surface area contributed by atoms with Gasteiger partial charge in [-0.3, -0.25) is 4.79 Å². The monoisotopic (exact) mass is 365 g/mol. The van der Waals surface area contributed by atoms with Crippen LogP contribution in [0.3, 0.4) is 0 Å². The molecule has 1 amide bonds. The van der Waals surface area contributed by atoms with E-state index in [0.29, 0.717) is 35.1 Å². The SMILES string of the molecule is C=CCOCc1ccc(Br)nc1NC(=O)[C@@H]1C[C@@]2(C)CC2N1. The van der Waals surface area contributed by atoms with Crippen molar-refractivity contribution in [3.05, 3.63) is 35.0 Å². The normalized spacial score (nSPS) is 29.0. The van der Waals surface area contributed by atoms with Crippen LogP contribution in [-0.2, 0) is 16.1 Å². The Labute approximate surface area is 138 Å². The van der Waals surface area contributed by atoms with Gasteiger partial charge in [0.1, 0.15) is 10.4 Å². The van der Waals surface area contributed by atoms with Gasteiger partial charge in [-0.15, -0.1) is 6.58 Å². The fraction of sp³-hybridized carbons (Fsp3) is 0.500. The summed E-state index contributed by atoms with van der Waals surface area (Å²) in [5.41, 5.74) is 1.16. The molecule has 1 unspecified atom stereocenters. The van der Waals surface area contributed by atoms with Gasteiger partial charge in [0.15, 0.2) is 0 Å². The Balaban J connectivity index is 1.66. The van der Waals surface area contributed by atoms with Crippen molar-refractivity contribution in [3.63, 3.8) is 0 Å². The third kappa shape index (κ3) is 3.24. The Morgan fingerprint density at radius 3 is 3.14 bits per heavy atom. The van der Waals surface area contributed by atoms with Crippen LogP contribution in [0.15, 0.2) is 29.4 Å². The molecule has 0 spiro atoms. The van der Waals surface area contributed by atoms with Gasteiger partial charge in [-0.25, -0.2) is 4.98 Å². The standard InChI is InChI=1S/C16H20BrN3O2/c1-3-6-22-9-10-4-5-13(17)19-14(10)20-15(21)11-7-16(2)8-12(16)18-11/h3-5,11-12,18H,1,6-9H2,2H3,(H,19,20,21)/t11-,12?,16-/m0/s1. The fourth-order valence-electron chi connectivity index (χ4n) is 2.97. The molecule has 3 atom stereocenters. The number of hydrogen-bond acceptors (Lipinski definition) is 4. The molecule has 1 aliphatic heterocycles. The predicted molar refractivity (Wildman–Crippen MR) is 88.5 cm³/mol. The van der Waals surface area contributed by atoms with Crippen LogP contribution in [0, 0.1) is 5.41 Å². The minimum Gasteiger partial charge on any atom is -0.373 e. The second-order valence-corrected chi connectivity index (χ2v) is 7.08. The maximum Gasteiger partial charge on any atom is 0.242 e. The van der Waals surface area contributed by atoms with E-state index in [-0.39, 0.29) is 11.9 Å². The van der Waals surface area contributed by atoms with Crippen LogP contribution in [-0.4, -0.2) is 29.6 Å². The van der Waals surface area contributed by atoms with E-state index in [4.69, 9.17) is 4.74 Å². The lowest BCUT2D eigenvalue weighted by atomic mass is 10.0. The summed E-state index contributed by atoms with van der Waals surface area (Å²) < 4.78 is 6.14. The second-order valence-electron chi connectivity index (χ2n) is 6.27. The van der Waals surface area contributed by atoms with Gasteiger partial charge in [-0.05, 0) is 40.3 Å². The lowest BCUT2D eigenvalue weighted by Crippen LogP contribution is -2.38. The summed E-state index contributed by atoms with van der Waals surface area (Å²) in [6.07, 6.45) is 3.76. The number of rotatable bonds is 6. The molecule has 2 heterocycles. The molecule has 0 aromatic carbocycles. The van der Waals surface area contributed by atoms with Gasteiger partial charge in [0, 0.05) is 11.6 Å². The molecule has 2 N–H and O–H groups in total. The van der Waals surface area contributed by atoms with Crippen LogP contribution < -0.4 is 10.6 Å². The lowest BCUT2D eigenvalue weighted by molar-refractivity contribution is -0.118. The molecule has 118 valence electrons. The number of pyridine rings is 1. The van der Waals surface area contributed by atoms with E-state index in [1.807, 2.05) is 12.1 Å². The minimum absolute atomic E-state index is 0.0241. The number of amides is 1. The smallest absolute Gasteiger partial charge is 0.242 e. The highest BCUT2D eigenvalue weighted by Gasteiger charge is 2.58. The van der Waals surface area contributed by atoms with Crippen LogP contribution in [0.5, 0.6) is 0 Å². The van der Waals surface area contributed by atoms with Crippen molar-refractivity contribution in [2.24, 2.45) is 5.41 Å². The molecule has 1 aliphatic carbocycles. The molecule has 22 heavy (non-hydrogen) atoms. The van der Waals surface area contributed by atoms with Crippen molar-refractivity contribution in [2.45, 2.75) is 38.5 Å². The molecule has 1 aromatic rings. The highest BCUT2D eigenvalue weighted by molar-refractivity contribution is 9.10. The molecular weight excluding hydrogens is 346 g/mol. The fourth-order valence-corrected chi connectivity index (χ4v) is 3.28. The summed E-state index contributed by atoms with van der Waals surface area (Å²) in [7, 11) is 0. The molecule has 6 heteroatoms. The number of fused-ring (bicyclic) bond motifs is 1. The van der Waals surface area contributed by atoms with Gasteiger partial charge in [-0.2, -0.15) is 0 Å². The van der Waals surface area contributed by atoms with Gasteiger partial charge >= 0.3 is 0 Å². The maximum absolute atomic E-state index is 12.4. The van der Waals surface area contributed by atoms with Gasteiger partial charge in [0.25, 0.3) is 0 Å². The van der Waals surface area contributed by atoms with E-state index in [9.17, 15) is 4.79 Å². The summed E-state index contributed by atoms with van der Waals surface area (Å²) >= 11 is 3.34. The van der Waals surface area contributed by atoms with E-state index >= 15 is 0 Å². The van der Waals surface area contributed by atoms with Crippen LogP contribution >= 0.6 is 15.9 Å². The summed E-state index contributed by atoms with van der Waals surface area (Å²) in [6.45, 7) is 6.70. The second kappa shape index (κ2) is 6.10. The zero-order valence-electron chi connectivity index (χ0n) is 12.6. The van der Waals surface area contributed by atoms with E-state index in [1.165, 1.54) is 6.42 Å². The first-order valence-corrected chi connectivity index (χ1v) is 8.22. The van der Waals surface area contributed by atoms with Crippen molar-refractivity contribution >= 4 is 27.7 Å². The van der Waals surface area contributed by atoms with E-state index in [0.717, 1.165) is 12.0 Å². The zero-order valence-corrected chi connectivity index (χ0v) is 14.1. The molecule has 1 aromatic heterocycles. The number of anilines is 1. The number of nitrogens with one attached hydrogen (secondary N) is 2. The average Bonchev–Trinajstić information content (AvgIpc) is 2.99. The van der Waals surface area contributed by atoms with Crippen LogP contribution in [0.2, 0.25) is 0 Å². The summed E-state index contributed by atoms with van der Waals surface area (Å²) in [5, 5.41) is 6.31. The highest BCUT2D eigenvalue weighted by atomic mass is 79.9. The van der Waals surface area contributed by atoms with Crippen molar-refractivity contribution < 1.29 is 9.53 Å². The van der Waals surface area contributed by atoms with Crippen molar-refractivity contribution in [3.8, 4) is 0 Å². The molecule has 5 nitrogen and oxygen atoms in total. The van der Waals surface area contributed by atoms with Gasteiger partial charge in [0.05, 0.1) is 19.3 Å². The zero-order chi connectivity index (χ0) is 15.7. The number of aromatic nitrogens is 1. The number of halogens is 1. The first kappa shape index (κ1) is 15.6. The topological polar surface area (TPSA) is 63.2 Å². The Morgan fingerprint density at radius 2 is 2.45 bits per heavy atom. The third-order valence-corrected chi connectivity index (χ3v) is 4.86. The number of piperidine rings is 1. The molecule has 3 rings (SSSR count). The number of hydrogen-bond donors (Lipinski definition) is 2. The van der Waals surface area contributed by atoms with Gasteiger partial charge in [-0.1, -0.05) is 19.1 Å².